The molecule has 0 heterocycles. The van der Waals surface area contributed by atoms with Gasteiger partial charge in [-0.05, 0) is 54.9 Å². The molecule has 0 fully saturated rings. The Morgan fingerprint density at radius 1 is 1.00 bits per heavy atom. The number of hydrogen-bond acceptors (Lipinski definition) is 2. The number of nitrogens with zero attached hydrogens (tertiary/aromatic N) is 1. The molecule has 2 N–H and O–H groups in total. The second-order valence-electron chi connectivity index (χ2n) is 4.48. The quantitative estimate of drug-likeness (QED) is 0.930. The molecule has 106 valence electrons. The van der Waals surface area contributed by atoms with Crippen molar-refractivity contribution in [3.63, 3.8) is 0 Å². The van der Waals surface area contributed by atoms with Gasteiger partial charge in [-0.3, -0.25) is 0 Å². The van der Waals surface area contributed by atoms with Gasteiger partial charge in [0.25, 0.3) is 0 Å². The van der Waals surface area contributed by atoms with Crippen molar-refractivity contribution in [2.75, 3.05) is 18.5 Å². The summed E-state index contributed by atoms with van der Waals surface area (Å²) in [6.45, 7) is 0.325. The zero-order valence-electron chi connectivity index (χ0n) is 11.0. The van der Waals surface area contributed by atoms with Crippen molar-refractivity contribution in [2.24, 2.45) is 5.73 Å². The van der Waals surface area contributed by atoms with Crippen LogP contribution in [0.2, 0.25) is 0 Å². The summed E-state index contributed by atoms with van der Waals surface area (Å²) in [4.78, 5) is 1.34. The van der Waals surface area contributed by atoms with Crippen LogP contribution in [-0.4, -0.2) is 13.6 Å². The van der Waals surface area contributed by atoms with E-state index in [1.165, 1.54) is 48.3 Å². The summed E-state index contributed by atoms with van der Waals surface area (Å²) in [7, 11) is 1.53. The number of rotatable bonds is 4. The third-order valence-corrected chi connectivity index (χ3v) is 3.06. The molecule has 0 aliphatic heterocycles. The summed E-state index contributed by atoms with van der Waals surface area (Å²) in [5, 5.41) is 0. The van der Waals surface area contributed by atoms with Crippen molar-refractivity contribution in [2.45, 2.75) is 6.42 Å². The summed E-state index contributed by atoms with van der Waals surface area (Å²) >= 11 is 0. The van der Waals surface area contributed by atoms with Gasteiger partial charge >= 0.3 is 0 Å². The van der Waals surface area contributed by atoms with Crippen LogP contribution in [0.1, 0.15) is 5.56 Å². The molecular formula is C15H15F3N2. The Balaban J connectivity index is 2.39. The largest absolute Gasteiger partial charge is 0.340 e. The molecular weight excluding hydrogens is 265 g/mol. The van der Waals surface area contributed by atoms with Crippen molar-refractivity contribution in [3.05, 3.63) is 59.4 Å². The highest BCUT2D eigenvalue weighted by Gasteiger charge is 2.16. The summed E-state index contributed by atoms with van der Waals surface area (Å²) < 4.78 is 41.0. The maximum Gasteiger partial charge on any atom is 0.150 e. The van der Waals surface area contributed by atoms with Crippen molar-refractivity contribution >= 4 is 11.4 Å². The molecule has 20 heavy (non-hydrogen) atoms. The Kier molecular flexibility index (Phi) is 4.29. The maximum absolute atomic E-state index is 14.1. The predicted octanol–water partition coefficient (Wildman–Crippen LogP) is 3.37. The first-order valence-electron chi connectivity index (χ1n) is 6.20. The Hall–Kier alpha value is -2.01. The smallest absolute Gasteiger partial charge is 0.150 e. The lowest BCUT2D eigenvalue weighted by atomic mass is 10.1. The Labute approximate surface area is 115 Å². The standard InChI is InChI=1S/C15H15F3N2/c1-20(12-4-2-11(16)3-5-12)15-13(17)8-10(6-7-19)9-14(15)18/h2-5,8-9H,6-7,19H2,1H3. The predicted molar refractivity (Wildman–Crippen MR) is 73.6 cm³/mol. The molecule has 2 rings (SSSR count). The summed E-state index contributed by atoms with van der Waals surface area (Å²) in [5.41, 5.74) is 6.21. The van der Waals surface area contributed by atoms with Gasteiger partial charge < -0.3 is 10.6 Å². The minimum absolute atomic E-state index is 0.169. The maximum atomic E-state index is 14.1. The third-order valence-electron chi connectivity index (χ3n) is 3.06. The molecule has 0 radical (unpaired) electrons. The van der Waals surface area contributed by atoms with Gasteiger partial charge in [0, 0.05) is 12.7 Å². The van der Waals surface area contributed by atoms with Crippen molar-refractivity contribution in [1.82, 2.24) is 0 Å². The van der Waals surface area contributed by atoms with Crippen molar-refractivity contribution in [1.29, 1.82) is 0 Å². The molecule has 0 aromatic heterocycles. The Morgan fingerprint density at radius 2 is 1.55 bits per heavy atom. The lowest BCUT2D eigenvalue weighted by molar-refractivity contribution is 0.580. The molecule has 2 aromatic rings. The highest BCUT2D eigenvalue weighted by Crippen LogP contribution is 2.30. The number of hydrogen-bond donors (Lipinski definition) is 1. The molecule has 0 unspecified atom stereocenters. The van der Waals surface area contributed by atoms with Crippen LogP contribution in [-0.2, 0) is 6.42 Å². The molecule has 0 amide bonds. The van der Waals surface area contributed by atoms with E-state index in [0.29, 0.717) is 24.2 Å². The highest BCUT2D eigenvalue weighted by molar-refractivity contribution is 5.64. The van der Waals surface area contributed by atoms with Gasteiger partial charge in [0.05, 0.1) is 0 Å². The average Bonchev–Trinajstić information content (AvgIpc) is 2.39. The molecule has 0 spiro atoms. The first-order chi connectivity index (χ1) is 9.52. The highest BCUT2D eigenvalue weighted by atomic mass is 19.1. The van der Waals surface area contributed by atoms with E-state index in [4.69, 9.17) is 5.73 Å². The molecule has 5 heteroatoms. The van der Waals surface area contributed by atoms with Crippen LogP contribution in [0.15, 0.2) is 36.4 Å². The fraction of sp³-hybridized carbons (Fsp3) is 0.200. The van der Waals surface area contributed by atoms with E-state index >= 15 is 0 Å². The molecule has 0 saturated carbocycles. The fourth-order valence-electron chi connectivity index (χ4n) is 2.04. The zero-order chi connectivity index (χ0) is 14.7. The van der Waals surface area contributed by atoms with E-state index in [2.05, 4.69) is 0 Å². The molecule has 0 aliphatic rings. The SMILES string of the molecule is CN(c1ccc(F)cc1)c1c(F)cc(CCN)cc1F. The van der Waals surface area contributed by atoms with Gasteiger partial charge in [-0.25, -0.2) is 13.2 Å². The van der Waals surface area contributed by atoms with Gasteiger partial charge in [0.2, 0.25) is 0 Å². The molecule has 0 bridgehead atoms. The van der Waals surface area contributed by atoms with E-state index < -0.39 is 17.5 Å². The molecule has 0 atom stereocenters. The van der Waals surface area contributed by atoms with E-state index in [-0.39, 0.29) is 5.69 Å². The third kappa shape index (κ3) is 2.93. The molecule has 0 saturated heterocycles. The van der Waals surface area contributed by atoms with Crippen molar-refractivity contribution < 1.29 is 13.2 Å². The molecule has 2 aromatic carbocycles. The fourth-order valence-corrected chi connectivity index (χ4v) is 2.04. The van der Waals surface area contributed by atoms with E-state index in [1.807, 2.05) is 0 Å². The summed E-state index contributed by atoms with van der Waals surface area (Å²) in [6.07, 6.45) is 0.411. The Morgan fingerprint density at radius 3 is 2.05 bits per heavy atom. The molecule has 2 nitrogen and oxygen atoms in total. The van der Waals surface area contributed by atoms with Gasteiger partial charge in [-0.2, -0.15) is 0 Å². The average molecular weight is 280 g/mol. The van der Waals surface area contributed by atoms with Crippen LogP contribution in [0.4, 0.5) is 24.5 Å². The van der Waals surface area contributed by atoms with Crippen LogP contribution in [0, 0.1) is 17.5 Å². The van der Waals surface area contributed by atoms with Crippen LogP contribution in [0.3, 0.4) is 0 Å². The minimum Gasteiger partial charge on any atom is -0.340 e. The van der Waals surface area contributed by atoms with Gasteiger partial charge in [0.1, 0.15) is 23.1 Å². The lowest BCUT2D eigenvalue weighted by Gasteiger charge is -2.21. The van der Waals surface area contributed by atoms with E-state index in [0.717, 1.165) is 0 Å². The summed E-state index contributed by atoms with van der Waals surface area (Å²) in [5.74, 6) is -1.73. The lowest BCUT2D eigenvalue weighted by Crippen LogP contribution is -2.14. The summed E-state index contributed by atoms with van der Waals surface area (Å²) in [6, 6.07) is 7.94. The second-order valence-corrected chi connectivity index (χ2v) is 4.48. The number of nitrogens with two attached hydrogens (primary N) is 1. The second kappa shape index (κ2) is 5.96. The Bertz CT molecular complexity index is 574. The first kappa shape index (κ1) is 14.4. The number of halogens is 3. The van der Waals surface area contributed by atoms with E-state index in [9.17, 15) is 13.2 Å². The van der Waals surface area contributed by atoms with Gasteiger partial charge in [-0.1, -0.05) is 0 Å². The van der Waals surface area contributed by atoms with Crippen LogP contribution < -0.4 is 10.6 Å². The topological polar surface area (TPSA) is 29.3 Å². The van der Waals surface area contributed by atoms with Crippen molar-refractivity contribution in [3.8, 4) is 0 Å². The number of anilines is 2. The normalized spacial score (nSPS) is 10.7. The van der Waals surface area contributed by atoms with Crippen LogP contribution >= 0.6 is 0 Å². The van der Waals surface area contributed by atoms with E-state index in [1.54, 1.807) is 0 Å². The monoisotopic (exact) mass is 280 g/mol. The van der Waals surface area contributed by atoms with Crippen LogP contribution in [0.5, 0.6) is 0 Å². The number of benzene rings is 2. The van der Waals surface area contributed by atoms with Gasteiger partial charge in [-0.15, -0.1) is 0 Å². The molecule has 0 aliphatic carbocycles. The minimum atomic E-state index is -0.666. The zero-order valence-corrected chi connectivity index (χ0v) is 11.0. The van der Waals surface area contributed by atoms with Gasteiger partial charge in [0.15, 0.2) is 0 Å². The van der Waals surface area contributed by atoms with Crippen LogP contribution in [0.25, 0.3) is 0 Å². The first-order valence-corrected chi connectivity index (χ1v) is 6.20.